The molecule has 0 amide bonds. The van der Waals surface area contributed by atoms with Crippen molar-refractivity contribution in [2.24, 2.45) is 0 Å². The first-order valence-corrected chi connectivity index (χ1v) is 7.66. The molecule has 6 heteroatoms. The largest absolute Gasteiger partial charge is 0.324 e. The minimum atomic E-state index is 0.542. The number of benzene rings is 1. The van der Waals surface area contributed by atoms with E-state index in [1.54, 1.807) is 17.5 Å². The number of halogens is 1. The van der Waals surface area contributed by atoms with Gasteiger partial charge in [-0.1, -0.05) is 11.6 Å². The van der Waals surface area contributed by atoms with Crippen LogP contribution in [-0.2, 0) is 0 Å². The fraction of sp³-hybridized carbons (Fsp3) is 0.133. The Morgan fingerprint density at radius 2 is 1.95 bits per heavy atom. The van der Waals surface area contributed by atoms with Crippen LogP contribution < -0.4 is 5.32 Å². The van der Waals surface area contributed by atoms with E-state index >= 15 is 0 Å². The molecule has 0 atom stereocenters. The van der Waals surface area contributed by atoms with Gasteiger partial charge >= 0.3 is 0 Å². The van der Waals surface area contributed by atoms with Gasteiger partial charge in [0.1, 0.15) is 5.69 Å². The van der Waals surface area contributed by atoms with Crippen molar-refractivity contribution in [3.63, 3.8) is 0 Å². The van der Waals surface area contributed by atoms with E-state index in [1.807, 2.05) is 43.5 Å². The van der Waals surface area contributed by atoms with Crippen LogP contribution in [0, 0.1) is 13.8 Å². The molecule has 2 aromatic heterocycles. The number of rotatable bonds is 3. The Hall–Kier alpha value is -1.98. The molecule has 0 saturated carbocycles. The van der Waals surface area contributed by atoms with E-state index in [0.29, 0.717) is 5.95 Å². The topological polar surface area (TPSA) is 50.7 Å². The molecule has 0 aliphatic carbocycles. The van der Waals surface area contributed by atoms with Gasteiger partial charge in [-0.25, -0.2) is 15.0 Å². The van der Waals surface area contributed by atoms with Gasteiger partial charge in [0.2, 0.25) is 5.95 Å². The molecule has 106 valence electrons. The molecule has 0 fully saturated rings. The van der Waals surface area contributed by atoms with Gasteiger partial charge in [0, 0.05) is 22.3 Å². The summed E-state index contributed by atoms with van der Waals surface area (Å²) in [5.41, 5.74) is 3.59. The maximum atomic E-state index is 6.03. The third kappa shape index (κ3) is 3.20. The molecule has 21 heavy (non-hydrogen) atoms. The summed E-state index contributed by atoms with van der Waals surface area (Å²) in [6.45, 7) is 3.94. The number of aryl methyl sites for hydroxylation is 2. The molecule has 3 rings (SSSR count). The Morgan fingerprint density at radius 3 is 2.67 bits per heavy atom. The third-order valence-electron chi connectivity index (χ3n) is 2.95. The van der Waals surface area contributed by atoms with Gasteiger partial charge in [-0.15, -0.1) is 11.3 Å². The van der Waals surface area contributed by atoms with E-state index in [4.69, 9.17) is 11.6 Å². The molecular formula is C15H13ClN4S. The predicted octanol–water partition coefficient (Wildman–Crippen LogP) is 4.61. The molecule has 1 N–H and O–H groups in total. The Balaban J connectivity index is 1.87. The van der Waals surface area contributed by atoms with Gasteiger partial charge in [-0.3, -0.25) is 0 Å². The van der Waals surface area contributed by atoms with Crippen molar-refractivity contribution >= 4 is 34.6 Å². The van der Waals surface area contributed by atoms with Gasteiger partial charge in [0.05, 0.1) is 10.7 Å². The molecule has 0 unspecified atom stereocenters. The third-order valence-corrected chi connectivity index (χ3v) is 4.15. The Morgan fingerprint density at radius 1 is 1.10 bits per heavy atom. The van der Waals surface area contributed by atoms with Crippen LogP contribution >= 0.6 is 22.9 Å². The van der Waals surface area contributed by atoms with E-state index in [2.05, 4.69) is 20.3 Å². The van der Waals surface area contributed by atoms with E-state index < -0.39 is 0 Å². The summed E-state index contributed by atoms with van der Waals surface area (Å²) in [5, 5.41) is 6.94. The van der Waals surface area contributed by atoms with Crippen molar-refractivity contribution in [1.82, 2.24) is 15.0 Å². The molecule has 2 heterocycles. The summed E-state index contributed by atoms with van der Waals surface area (Å²) in [6.07, 6.45) is 1.72. The number of aromatic nitrogens is 3. The summed E-state index contributed by atoms with van der Waals surface area (Å²) in [6, 6.07) is 7.57. The maximum Gasteiger partial charge on any atom is 0.227 e. The monoisotopic (exact) mass is 316 g/mol. The fourth-order valence-corrected chi connectivity index (χ4v) is 2.62. The van der Waals surface area contributed by atoms with Crippen molar-refractivity contribution in [1.29, 1.82) is 0 Å². The average molecular weight is 317 g/mol. The lowest BCUT2D eigenvalue weighted by Gasteiger charge is -2.07. The molecule has 0 bridgehead atoms. The van der Waals surface area contributed by atoms with Gasteiger partial charge in [-0.05, 0) is 43.7 Å². The standard InChI is InChI=1S/C15H13ClN4S/c1-9-7-11(3-4-12(9)16)19-15-17-6-5-13(20-15)14-8-21-10(2)18-14/h3-8H,1-2H3,(H,17,19,20). The molecule has 1 aromatic carbocycles. The summed E-state index contributed by atoms with van der Waals surface area (Å²) < 4.78 is 0. The van der Waals surface area contributed by atoms with Crippen LogP contribution in [0.3, 0.4) is 0 Å². The summed E-state index contributed by atoms with van der Waals surface area (Å²) in [4.78, 5) is 13.2. The average Bonchev–Trinajstić information content (AvgIpc) is 2.90. The number of hydrogen-bond acceptors (Lipinski definition) is 5. The van der Waals surface area contributed by atoms with Crippen LogP contribution in [0.15, 0.2) is 35.8 Å². The van der Waals surface area contributed by atoms with E-state index in [1.165, 1.54) is 0 Å². The number of anilines is 2. The second-order valence-corrected chi connectivity index (χ2v) is 6.08. The lowest BCUT2D eigenvalue weighted by molar-refractivity contribution is 1.15. The quantitative estimate of drug-likeness (QED) is 0.766. The van der Waals surface area contributed by atoms with Crippen LogP contribution in [0.4, 0.5) is 11.6 Å². The Labute approximate surface area is 131 Å². The molecule has 0 aliphatic rings. The molecule has 0 radical (unpaired) electrons. The lowest BCUT2D eigenvalue weighted by Crippen LogP contribution is -1.98. The minimum Gasteiger partial charge on any atom is -0.324 e. The van der Waals surface area contributed by atoms with Crippen LogP contribution in [0.2, 0.25) is 5.02 Å². The van der Waals surface area contributed by atoms with Crippen LogP contribution in [-0.4, -0.2) is 15.0 Å². The zero-order valence-corrected chi connectivity index (χ0v) is 13.2. The molecule has 4 nitrogen and oxygen atoms in total. The predicted molar refractivity (Wildman–Crippen MR) is 87.3 cm³/mol. The first-order valence-electron chi connectivity index (χ1n) is 6.40. The van der Waals surface area contributed by atoms with Gasteiger partial charge in [-0.2, -0.15) is 0 Å². The fourth-order valence-electron chi connectivity index (χ4n) is 1.89. The smallest absolute Gasteiger partial charge is 0.227 e. The number of nitrogens with zero attached hydrogens (tertiary/aromatic N) is 3. The normalized spacial score (nSPS) is 10.6. The lowest BCUT2D eigenvalue weighted by atomic mass is 10.2. The van der Waals surface area contributed by atoms with Crippen LogP contribution in [0.1, 0.15) is 10.6 Å². The zero-order chi connectivity index (χ0) is 14.8. The number of thiazole rings is 1. The summed E-state index contributed by atoms with van der Waals surface area (Å²) in [7, 11) is 0. The Bertz CT molecular complexity index is 785. The highest BCUT2D eigenvalue weighted by atomic mass is 35.5. The number of nitrogens with one attached hydrogen (secondary N) is 1. The SMILES string of the molecule is Cc1nc(-c2ccnc(Nc3ccc(Cl)c(C)c3)n2)cs1. The second-order valence-electron chi connectivity index (χ2n) is 4.61. The van der Waals surface area contributed by atoms with E-state index in [-0.39, 0.29) is 0 Å². The molecule has 3 aromatic rings. The first kappa shape index (κ1) is 14.0. The van der Waals surface area contributed by atoms with Crippen molar-refractivity contribution in [2.45, 2.75) is 13.8 Å². The van der Waals surface area contributed by atoms with Crippen LogP contribution in [0.5, 0.6) is 0 Å². The van der Waals surface area contributed by atoms with Gasteiger partial charge in [0.25, 0.3) is 0 Å². The molecular weight excluding hydrogens is 304 g/mol. The highest BCUT2D eigenvalue weighted by Gasteiger charge is 2.06. The van der Waals surface area contributed by atoms with E-state index in [0.717, 1.165) is 32.7 Å². The van der Waals surface area contributed by atoms with Crippen molar-refractivity contribution in [3.8, 4) is 11.4 Å². The van der Waals surface area contributed by atoms with Crippen LogP contribution in [0.25, 0.3) is 11.4 Å². The van der Waals surface area contributed by atoms with Crippen molar-refractivity contribution < 1.29 is 0 Å². The molecule has 0 spiro atoms. The van der Waals surface area contributed by atoms with Crippen molar-refractivity contribution in [3.05, 3.63) is 51.4 Å². The maximum absolute atomic E-state index is 6.03. The van der Waals surface area contributed by atoms with E-state index in [9.17, 15) is 0 Å². The number of hydrogen-bond donors (Lipinski definition) is 1. The van der Waals surface area contributed by atoms with Gasteiger partial charge in [0.15, 0.2) is 0 Å². The van der Waals surface area contributed by atoms with Crippen molar-refractivity contribution in [2.75, 3.05) is 5.32 Å². The highest BCUT2D eigenvalue weighted by Crippen LogP contribution is 2.23. The zero-order valence-electron chi connectivity index (χ0n) is 11.6. The molecule has 0 aliphatic heterocycles. The van der Waals surface area contributed by atoms with Gasteiger partial charge < -0.3 is 5.32 Å². The summed E-state index contributed by atoms with van der Waals surface area (Å²) in [5.74, 6) is 0.542. The second kappa shape index (κ2) is 5.79. The minimum absolute atomic E-state index is 0.542. The first-order chi connectivity index (χ1) is 10.1. The molecule has 0 saturated heterocycles. The Kier molecular flexibility index (Phi) is 3.86. The highest BCUT2D eigenvalue weighted by molar-refractivity contribution is 7.09. The summed E-state index contributed by atoms with van der Waals surface area (Å²) >= 11 is 7.63.